The van der Waals surface area contributed by atoms with Crippen molar-refractivity contribution in [1.29, 1.82) is 0 Å². The fourth-order valence-electron chi connectivity index (χ4n) is 1.05. The maximum atomic E-state index is 11.4. The third kappa shape index (κ3) is 3.25. The van der Waals surface area contributed by atoms with Crippen molar-refractivity contribution >= 4 is 22.8 Å². The van der Waals surface area contributed by atoms with Gasteiger partial charge in [0.2, 0.25) is 5.25 Å². The second-order valence-electron chi connectivity index (χ2n) is 3.00. The van der Waals surface area contributed by atoms with E-state index in [4.69, 9.17) is 9.29 Å². The summed E-state index contributed by atoms with van der Waals surface area (Å²) in [7, 11) is 0. The Bertz CT molecular complexity index is 400. The zero-order valence-electron chi connectivity index (χ0n) is 8.45. The molecule has 2 unspecified atom stereocenters. The largest absolute Gasteiger partial charge is 0.425 e. The minimum Gasteiger partial charge on any atom is -0.425 e. The van der Waals surface area contributed by atoms with Crippen LogP contribution in [0.5, 0.6) is 5.75 Å². The van der Waals surface area contributed by atoms with Gasteiger partial charge in [-0.1, -0.05) is 18.2 Å². The topological polar surface area (TPSA) is 80.7 Å². The van der Waals surface area contributed by atoms with E-state index in [-0.39, 0.29) is 5.75 Å². The quantitative estimate of drug-likeness (QED) is 0.365. The predicted molar refractivity (Wildman–Crippen MR) is 57.3 cm³/mol. The van der Waals surface area contributed by atoms with Gasteiger partial charge in [0, 0.05) is 0 Å². The summed E-state index contributed by atoms with van der Waals surface area (Å²) in [4.78, 5) is 22.4. The van der Waals surface area contributed by atoms with Crippen molar-refractivity contribution in [3.63, 3.8) is 0 Å². The summed E-state index contributed by atoms with van der Waals surface area (Å²) in [5.74, 6) is -1.51. The van der Waals surface area contributed by atoms with Crippen LogP contribution in [0.25, 0.3) is 0 Å². The maximum Gasteiger partial charge on any atom is 0.337 e. The van der Waals surface area contributed by atoms with Crippen LogP contribution in [-0.4, -0.2) is 25.8 Å². The van der Waals surface area contributed by atoms with Crippen molar-refractivity contribution in [3.8, 4) is 5.75 Å². The van der Waals surface area contributed by atoms with Crippen LogP contribution in [0.4, 0.5) is 0 Å². The molecule has 1 aromatic rings. The molecule has 0 aromatic heterocycles. The molecule has 16 heavy (non-hydrogen) atoms. The highest BCUT2D eigenvalue weighted by atomic mass is 32.2. The molecule has 0 aliphatic rings. The number of esters is 1. The van der Waals surface area contributed by atoms with Gasteiger partial charge >= 0.3 is 5.97 Å². The molecular formula is C10H10O5S. The number of Topliss-reactive ketones (excluding diaryl/α,β-unsaturated/α-hetero) is 1. The van der Waals surface area contributed by atoms with Gasteiger partial charge in [-0.2, -0.15) is 0 Å². The first-order chi connectivity index (χ1) is 7.52. The number of hydrogen-bond acceptors (Lipinski definition) is 4. The van der Waals surface area contributed by atoms with Gasteiger partial charge in [-0.05, 0) is 19.1 Å². The van der Waals surface area contributed by atoms with Crippen molar-refractivity contribution in [1.82, 2.24) is 0 Å². The molecule has 5 nitrogen and oxygen atoms in total. The third-order valence-corrected chi connectivity index (χ3v) is 2.67. The number of rotatable bonds is 4. The highest BCUT2D eigenvalue weighted by molar-refractivity contribution is 7.81. The molecule has 0 radical (unpaired) electrons. The van der Waals surface area contributed by atoms with Crippen molar-refractivity contribution in [3.05, 3.63) is 30.3 Å². The molecule has 86 valence electrons. The summed E-state index contributed by atoms with van der Waals surface area (Å²) in [5.41, 5.74) is 0. The monoisotopic (exact) mass is 242 g/mol. The van der Waals surface area contributed by atoms with E-state index in [0.29, 0.717) is 0 Å². The Hall–Kier alpha value is -1.53. The zero-order valence-corrected chi connectivity index (χ0v) is 9.27. The SMILES string of the molecule is CC(=O)C(C(=O)Oc1ccccc1)S(=O)O. The van der Waals surface area contributed by atoms with Crippen molar-refractivity contribution in [2.45, 2.75) is 12.2 Å². The lowest BCUT2D eigenvalue weighted by molar-refractivity contribution is -0.136. The molecule has 1 N–H and O–H groups in total. The number of para-hydroxylation sites is 1. The van der Waals surface area contributed by atoms with Crippen molar-refractivity contribution in [2.75, 3.05) is 0 Å². The van der Waals surface area contributed by atoms with Gasteiger partial charge in [0.1, 0.15) is 5.75 Å². The molecule has 0 fully saturated rings. The van der Waals surface area contributed by atoms with Gasteiger partial charge in [0.25, 0.3) is 0 Å². The molecule has 0 saturated carbocycles. The average Bonchev–Trinajstić information content (AvgIpc) is 2.17. The van der Waals surface area contributed by atoms with Crippen LogP contribution in [0.2, 0.25) is 0 Å². The fraction of sp³-hybridized carbons (Fsp3) is 0.200. The van der Waals surface area contributed by atoms with Crippen LogP contribution in [0, 0.1) is 0 Å². The Labute approximate surface area is 94.7 Å². The Morgan fingerprint density at radius 2 is 1.88 bits per heavy atom. The highest BCUT2D eigenvalue weighted by Gasteiger charge is 2.31. The van der Waals surface area contributed by atoms with Crippen LogP contribution in [-0.2, 0) is 20.7 Å². The molecule has 2 atom stereocenters. The minimum atomic E-state index is -2.56. The summed E-state index contributed by atoms with van der Waals surface area (Å²) in [5, 5.41) is -1.65. The summed E-state index contributed by atoms with van der Waals surface area (Å²) >= 11 is -2.56. The third-order valence-electron chi connectivity index (χ3n) is 1.75. The van der Waals surface area contributed by atoms with Crippen molar-refractivity contribution < 1.29 is 23.1 Å². The average molecular weight is 242 g/mol. The maximum absolute atomic E-state index is 11.4. The molecule has 1 rings (SSSR count). The Morgan fingerprint density at radius 1 is 1.31 bits per heavy atom. The Kier molecular flexibility index (Phi) is 4.33. The van der Waals surface area contributed by atoms with Gasteiger partial charge < -0.3 is 9.29 Å². The molecule has 0 heterocycles. The molecule has 0 amide bonds. The predicted octanol–water partition coefficient (Wildman–Crippen LogP) is 0.771. The van der Waals surface area contributed by atoms with E-state index in [1.807, 2.05) is 0 Å². The molecule has 0 aliphatic carbocycles. The summed E-state index contributed by atoms with van der Waals surface area (Å²) < 4.78 is 24.3. The van der Waals surface area contributed by atoms with Crippen LogP contribution in [0.1, 0.15) is 6.92 Å². The number of carbonyl (C=O) groups is 2. The number of hydrogen-bond donors (Lipinski definition) is 1. The lowest BCUT2D eigenvalue weighted by Crippen LogP contribution is -2.35. The van der Waals surface area contributed by atoms with Gasteiger partial charge in [-0.3, -0.25) is 4.79 Å². The van der Waals surface area contributed by atoms with E-state index in [0.717, 1.165) is 6.92 Å². The lowest BCUT2D eigenvalue weighted by atomic mass is 10.3. The summed E-state index contributed by atoms with van der Waals surface area (Å²) in [6.45, 7) is 1.06. The van der Waals surface area contributed by atoms with Gasteiger partial charge in [0.05, 0.1) is 0 Å². The van der Waals surface area contributed by atoms with Gasteiger partial charge in [0.15, 0.2) is 16.9 Å². The van der Waals surface area contributed by atoms with Crippen LogP contribution in [0.15, 0.2) is 30.3 Å². The van der Waals surface area contributed by atoms with E-state index in [2.05, 4.69) is 0 Å². The second-order valence-corrected chi connectivity index (χ2v) is 4.02. The van der Waals surface area contributed by atoms with Gasteiger partial charge in [-0.15, -0.1) is 0 Å². The summed E-state index contributed by atoms with van der Waals surface area (Å²) in [6, 6.07) is 8.03. The molecule has 0 aliphatic heterocycles. The van der Waals surface area contributed by atoms with E-state index < -0.39 is 28.1 Å². The first-order valence-electron chi connectivity index (χ1n) is 4.39. The molecule has 0 saturated heterocycles. The van der Waals surface area contributed by atoms with E-state index in [1.54, 1.807) is 18.2 Å². The van der Waals surface area contributed by atoms with E-state index >= 15 is 0 Å². The first-order valence-corrected chi connectivity index (χ1v) is 5.56. The minimum absolute atomic E-state index is 0.226. The number of carbonyl (C=O) groups excluding carboxylic acids is 2. The van der Waals surface area contributed by atoms with Crippen LogP contribution < -0.4 is 4.74 Å². The highest BCUT2D eigenvalue weighted by Crippen LogP contribution is 2.10. The Balaban J connectivity index is 2.78. The van der Waals surface area contributed by atoms with Crippen LogP contribution in [0.3, 0.4) is 0 Å². The number of benzene rings is 1. The van der Waals surface area contributed by atoms with Crippen LogP contribution >= 0.6 is 0 Å². The summed E-state index contributed by atoms with van der Waals surface area (Å²) in [6.07, 6.45) is 0. The molecule has 0 bridgehead atoms. The zero-order chi connectivity index (χ0) is 12.1. The first kappa shape index (κ1) is 12.5. The normalized spacial score (nSPS) is 13.9. The fourth-order valence-corrected chi connectivity index (χ4v) is 1.55. The molecule has 1 aromatic carbocycles. The molecule has 6 heteroatoms. The standard InChI is InChI=1S/C10H10O5S/c1-7(11)9(16(13)14)10(12)15-8-5-3-2-4-6-8/h2-6,9H,1H3,(H,13,14). The molecule has 0 spiro atoms. The Morgan fingerprint density at radius 3 is 2.31 bits per heavy atom. The number of ketones is 1. The van der Waals surface area contributed by atoms with E-state index in [9.17, 15) is 13.8 Å². The van der Waals surface area contributed by atoms with E-state index in [1.165, 1.54) is 12.1 Å². The second kappa shape index (κ2) is 5.53. The number of ether oxygens (including phenoxy) is 1. The van der Waals surface area contributed by atoms with Crippen molar-refractivity contribution in [2.24, 2.45) is 0 Å². The molecular weight excluding hydrogens is 232 g/mol. The lowest BCUT2D eigenvalue weighted by Gasteiger charge is -2.08. The smallest absolute Gasteiger partial charge is 0.337 e. The van der Waals surface area contributed by atoms with Gasteiger partial charge in [-0.25, -0.2) is 9.00 Å².